The molecule has 0 aromatic heterocycles. The minimum absolute atomic E-state index is 0.0211. The van der Waals surface area contributed by atoms with E-state index >= 15 is 0 Å². The molecule has 0 amide bonds. The monoisotopic (exact) mass is 537 g/mol. The van der Waals surface area contributed by atoms with E-state index in [2.05, 4.69) is 42.5 Å². The molecule has 2 aromatic rings. The maximum Gasteiger partial charge on any atom is 0.572 e. The lowest BCUT2D eigenvalue weighted by Crippen LogP contribution is -2.43. The number of aryl methyl sites for hydroxylation is 2. The predicted octanol–water partition coefficient (Wildman–Crippen LogP) is 6.27. The number of rotatable bonds is 12. The van der Waals surface area contributed by atoms with Crippen molar-refractivity contribution in [3.63, 3.8) is 0 Å². The Labute approximate surface area is 219 Å². The van der Waals surface area contributed by atoms with Gasteiger partial charge in [-0.15, -0.1) is 24.1 Å². The Hall–Kier alpha value is -2.46. The number of benzene rings is 2. The number of halogens is 3. The van der Waals surface area contributed by atoms with E-state index < -0.39 is 34.8 Å². The normalized spacial score (nSPS) is 18.2. The fourth-order valence-corrected chi connectivity index (χ4v) is 5.50. The highest BCUT2D eigenvalue weighted by Crippen LogP contribution is 2.41. The van der Waals surface area contributed by atoms with Crippen LogP contribution in [0.4, 0.5) is 13.2 Å². The third-order valence-corrected chi connectivity index (χ3v) is 7.87. The predicted molar refractivity (Wildman–Crippen MR) is 139 cm³/mol. The van der Waals surface area contributed by atoms with Crippen molar-refractivity contribution < 1.29 is 31.3 Å². The van der Waals surface area contributed by atoms with Gasteiger partial charge in [-0.3, -0.25) is 0 Å². The first kappa shape index (κ1) is 29.1. The molecule has 3 rings (SSSR count). The summed E-state index contributed by atoms with van der Waals surface area (Å²) >= 11 is -2.02. The SMILES string of the molecule is C=CC(C/C=C/OC(F)(F)F)S(=O)OO[C@@H](C(N)CC)C(C)C1c2ccccc2CCc2ccccc21. The molecule has 202 valence electrons. The molecule has 0 radical (unpaired) electrons. The molecule has 4 unspecified atom stereocenters. The molecule has 5 nitrogen and oxygen atoms in total. The van der Waals surface area contributed by atoms with Crippen LogP contribution in [0, 0.1) is 5.92 Å². The third-order valence-electron chi connectivity index (χ3n) is 6.78. The average molecular weight is 538 g/mol. The topological polar surface area (TPSA) is 70.8 Å². The molecule has 0 heterocycles. The van der Waals surface area contributed by atoms with Gasteiger partial charge in [0, 0.05) is 12.0 Å². The zero-order valence-corrected chi connectivity index (χ0v) is 21.8. The second-order valence-corrected chi connectivity index (χ2v) is 10.4. The van der Waals surface area contributed by atoms with Crippen molar-refractivity contribution >= 4 is 11.1 Å². The lowest BCUT2D eigenvalue weighted by atomic mass is 9.75. The minimum Gasteiger partial charge on any atom is -0.414 e. The zero-order valence-electron chi connectivity index (χ0n) is 21.0. The molecular formula is C28H34F3NO4S. The van der Waals surface area contributed by atoms with Crippen LogP contribution in [0.1, 0.15) is 54.9 Å². The summed E-state index contributed by atoms with van der Waals surface area (Å²) in [5.41, 5.74) is 11.4. The van der Waals surface area contributed by atoms with Gasteiger partial charge < -0.3 is 10.5 Å². The average Bonchev–Trinajstić information content (AvgIpc) is 3.04. The lowest BCUT2D eigenvalue weighted by Gasteiger charge is -2.34. The summed E-state index contributed by atoms with van der Waals surface area (Å²) in [6.07, 6.45) is -0.0215. The van der Waals surface area contributed by atoms with Crippen molar-refractivity contribution in [3.8, 4) is 0 Å². The van der Waals surface area contributed by atoms with E-state index in [1.54, 1.807) is 0 Å². The maximum absolute atomic E-state index is 12.8. The van der Waals surface area contributed by atoms with Gasteiger partial charge in [-0.2, -0.15) is 0 Å². The van der Waals surface area contributed by atoms with Crippen LogP contribution in [0.2, 0.25) is 0 Å². The summed E-state index contributed by atoms with van der Waals surface area (Å²) in [5, 5.41) is -0.804. The number of alkyl halides is 3. The standard InChI is InChI=1S/C28H34F3NO4S/c1-4-22(13-10-18-34-28(29,30)31)37(33)36-35-27(25(32)5-2)19(3)26-23-14-8-6-11-20(23)16-17-21-12-7-9-15-24(21)26/h4,6-12,14-15,18-19,22,25-27H,1,5,13,16-17,32H2,2-3H3/b18-10+/t19?,22?,25?,27-,37?/m1/s1. The molecule has 0 bridgehead atoms. The van der Waals surface area contributed by atoms with Gasteiger partial charge in [0.05, 0.1) is 11.5 Å². The molecule has 2 aromatic carbocycles. The van der Waals surface area contributed by atoms with E-state index in [0.717, 1.165) is 18.9 Å². The number of hydrogen-bond donors (Lipinski definition) is 1. The Morgan fingerprint density at radius 3 is 2.19 bits per heavy atom. The molecule has 1 aliphatic carbocycles. The summed E-state index contributed by atoms with van der Waals surface area (Å²) < 4.78 is 58.2. The van der Waals surface area contributed by atoms with E-state index in [1.165, 1.54) is 28.3 Å². The van der Waals surface area contributed by atoms with Gasteiger partial charge in [0.15, 0.2) is 11.1 Å². The number of nitrogens with two attached hydrogens (primary N) is 1. The summed E-state index contributed by atoms with van der Waals surface area (Å²) in [5.74, 6) is -0.165. The van der Waals surface area contributed by atoms with Gasteiger partial charge in [0.2, 0.25) is 0 Å². The number of ether oxygens (including phenoxy) is 1. The van der Waals surface area contributed by atoms with Crippen molar-refractivity contribution in [2.45, 2.75) is 69.2 Å². The molecule has 0 fully saturated rings. The van der Waals surface area contributed by atoms with Crippen LogP contribution in [-0.2, 0) is 37.9 Å². The van der Waals surface area contributed by atoms with Crippen molar-refractivity contribution in [2.24, 2.45) is 11.7 Å². The quantitative estimate of drug-likeness (QED) is 0.150. The fourth-order valence-electron chi connectivity index (χ4n) is 4.81. The van der Waals surface area contributed by atoms with E-state index in [1.807, 2.05) is 31.2 Å². The summed E-state index contributed by atoms with van der Waals surface area (Å²) in [6, 6.07) is 16.3. The summed E-state index contributed by atoms with van der Waals surface area (Å²) in [4.78, 5) is 5.78. The molecule has 1 aliphatic rings. The molecule has 0 spiro atoms. The van der Waals surface area contributed by atoms with Crippen LogP contribution >= 0.6 is 0 Å². The highest BCUT2D eigenvalue weighted by atomic mass is 32.2. The first-order valence-electron chi connectivity index (χ1n) is 12.3. The second-order valence-electron chi connectivity index (χ2n) is 9.14. The molecular weight excluding hydrogens is 503 g/mol. The highest BCUT2D eigenvalue weighted by Gasteiger charge is 2.37. The van der Waals surface area contributed by atoms with Crippen LogP contribution in [0.15, 0.2) is 73.5 Å². The van der Waals surface area contributed by atoms with Gasteiger partial charge in [-0.05, 0) is 59.9 Å². The van der Waals surface area contributed by atoms with Gasteiger partial charge in [-0.25, -0.2) is 9.10 Å². The van der Waals surface area contributed by atoms with Crippen molar-refractivity contribution in [2.75, 3.05) is 0 Å². The van der Waals surface area contributed by atoms with E-state index in [4.69, 9.17) is 15.0 Å². The molecule has 0 saturated carbocycles. The van der Waals surface area contributed by atoms with E-state index in [9.17, 15) is 17.4 Å². The fraction of sp³-hybridized carbons (Fsp3) is 0.429. The van der Waals surface area contributed by atoms with E-state index in [-0.39, 0.29) is 18.3 Å². The van der Waals surface area contributed by atoms with Crippen LogP contribution in [-0.4, -0.2) is 28.0 Å². The highest BCUT2D eigenvalue weighted by molar-refractivity contribution is 7.80. The first-order valence-corrected chi connectivity index (χ1v) is 13.5. The maximum atomic E-state index is 12.8. The molecule has 37 heavy (non-hydrogen) atoms. The van der Waals surface area contributed by atoms with Gasteiger partial charge in [0.25, 0.3) is 0 Å². The molecule has 2 N–H and O–H groups in total. The van der Waals surface area contributed by atoms with Crippen LogP contribution in [0.25, 0.3) is 0 Å². The Kier molecular flexibility index (Phi) is 10.5. The van der Waals surface area contributed by atoms with Gasteiger partial charge in [-0.1, -0.05) is 68.5 Å². The Morgan fingerprint density at radius 2 is 1.68 bits per heavy atom. The van der Waals surface area contributed by atoms with Crippen molar-refractivity contribution in [3.05, 3.63) is 95.8 Å². The van der Waals surface area contributed by atoms with Gasteiger partial charge in [0.1, 0.15) is 6.10 Å². The first-order chi connectivity index (χ1) is 17.7. The van der Waals surface area contributed by atoms with E-state index in [0.29, 0.717) is 12.7 Å². The second kappa shape index (κ2) is 13.4. The number of fused-ring (bicyclic) bond motifs is 2. The Bertz CT molecular complexity index is 1040. The number of hydrogen-bond acceptors (Lipinski definition) is 5. The molecule has 0 saturated heterocycles. The smallest absolute Gasteiger partial charge is 0.414 e. The van der Waals surface area contributed by atoms with Crippen molar-refractivity contribution in [1.82, 2.24) is 0 Å². The van der Waals surface area contributed by atoms with Gasteiger partial charge >= 0.3 is 6.36 Å². The van der Waals surface area contributed by atoms with Crippen LogP contribution in [0.5, 0.6) is 0 Å². The minimum atomic E-state index is -4.78. The zero-order chi connectivity index (χ0) is 27.0. The molecule has 5 atom stereocenters. The Morgan fingerprint density at radius 1 is 1.11 bits per heavy atom. The van der Waals surface area contributed by atoms with Crippen LogP contribution in [0.3, 0.4) is 0 Å². The molecule has 0 aliphatic heterocycles. The number of allylic oxidation sites excluding steroid dienone is 1. The van der Waals surface area contributed by atoms with Crippen LogP contribution < -0.4 is 5.73 Å². The lowest BCUT2D eigenvalue weighted by molar-refractivity contribution is -0.298. The largest absolute Gasteiger partial charge is 0.572 e. The Balaban J connectivity index is 1.81. The molecule has 9 heteroatoms. The summed E-state index contributed by atoms with van der Waals surface area (Å²) in [6.45, 7) is 7.60. The summed E-state index contributed by atoms with van der Waals surface area (Å²) in [7, 11) is 0. The van der Waals surface area contributed by atoms with Crippen molar-refractivity contribution in [1.29, 1.82) is 0 Å². The third kappa shape index (κ3) is 7.77.